The predicted octanol–water partition coefficient (Wildman–Crippen LogP) is 3.24. The highest BCUT2D eigenvalue weighted by molar-refractivity contribution is 5.85. The highest BCUT2D eigenvalue weighted by atomic mass is 16.2. The molecule has 2 unspecified atom stereocenters. The third-order valence-electron chi connectivity index (χ3n) is 8.25. The maximum Gasteiger partial charge on any atom is 0.241 e. The van der Waals surface area contributed by atoms with Gasteiger partial charge in [0.05, 0.1) is 5.41 Å². The SMILES string of the molecule is CCC[C@]12CC3CC1(C(=O)NN1CCNCC1)C[C@@](c1ccccc1)(C3)C2. The smallest absolute Gasteiger partial charge is 0.241 e. The van der Waals surface area contributed by atoms with Crippen LogP contribution < -0.4 is 10.7 Å². The first-order valence-electron chi connectivity index (χ1n) is 10.9. The van der Waals surface area contributed by atoms with E-state index in [2.05, 4.69) is 53.0 Å². The highest BCUT2D eigenvalue weighted by Gasteiger charge is 2.74. The number of rotatable bonds is 5. The number of hydrogen-bond acceptors (Lipinski definition) is 3. The van der Waals surface area contributed by atoms with Crippen molar-refractivity contribution in [1.82, 2.24) is 15.8 Å². The summed E-state index contributed by atoms with van der Waals surface area (Å²) in [6.07, 6.45) is 8.31. The van der Waals surface area contributed by atoms with E-state index in [-0.39, 0.29) is 16.2 Å². The molecule has 0 aromatic heterocycles. The number of carbonyl (C=O) groups excluding carboxylic acids is 1. The zero-order valence-corrected chi connectivity index (χ0v) is 16.6. The van der Waals surface area contributed by atoms with Crippen LogP contribution in [0.5, 0.6) is 0 Å². The van der Waals surface area contributed by atoms with Gasteiger partial charge in [-0.3, -0.25) is 10.2 Å². The van der Waals surface area contributed by atoms with Crippen molar-refractivity contribution in [3.05, 3.63) is 35.9 Å². The van der Waals surface area contributed by atoms with Gasteiger partial charge in [0.25, 0.3) is 0 Å². The van der Waals surface area contributed by atoms with Crippen LogP contribution in [-0.4, -0.2) is 37.1 Å². The Morgan fingerprint density at radius 2 is 1.93 bits per heavy atom. The predicted molar refractivity (Wildman–Crippen MR) is 107 cm³/mol. The lowest BCUT2D eigenvalue weighted by Gasteiger charge is -2.41. The molecule has 4 nitrogen and oxygen atoms in total. The van der Waals surface area contributed by atoms with Crippen LogP contribution in [0.15, 0.2) is 30.3 Å². The Balaban J connectivity index is 1.50. The summed E-state index contributed by atoms with van der Waals surface area (Å²) < 4.78 is 0. The van der Waals surface area contributed by atoms with E-state index in [0.29, 0.717) is 11.8 Å². The van der Waals surface area contributed by atoms with Crippen molar-refractivity contribution in [2.75, 3.05) is 26.2 Å². The fourth-order valence-electron chi connectivity index (χ4n) is 7.62. The van der Waals surface area contributed by atoms with Crippen molar-refractivity contribution < 1.29 is 4.79 Å². The molecular formula is C23H33N3O. The summed E-state index contributed by atoms with van der Waals surface area (Å²) in [7, 11) is 0. The average molecular weight is 368 g/mol. The van der Waals surface area contributed by atoms with E-state index in [4.69, 9.17) is 0 Å². The first-order chi connectivity index (χ1) is 13.1. The van der Waals surface area contributed by atoms with Gasteiger partial charge in [-0.05, 0) is 60.8 Å². The van der Waals surface area contributed by atoms with Crippen LogP contribution >= 0.6 is 0 Å². The molecule has 4 saturated carbocycles. The Morgan fingerprint density at radius 3 is 2.67 bits per heavy atom. The Hall–Kier alpha value is -1.39. The lowest BCUT2D eigenvalue weighted by Crippen LogP contribution is -2.57. The molecule has 5 aliphatic rings. The molecule has 4 aliphatic carbocycles. The van der Waals surface area contributed by atoms with Gasteiger partial charge in [0.15, 0.2) is 0 Å². The van der Waals surface area contributed by atoms with Gasteiger partial charge in [0.2, 0.25) is 5.91 Å². The van der Waals surface area contributed by atoms with E-state index in [1.54, 1.807) is 0 Å². The summed E-state index contributed by atoms with van der Waals surface area (Å²) in [6.45, 7) is 6.05. The molecule has 4 atom stereocenters. The molecule has 27 heavy (non-hydrogen) atoms. The molecule has 6 rings (SSSR count). The molecule has 146 valence electrons. The van der Waals surface area contributed by atoms with E-state index in [9.17, 15) is 4.79 Å². The van der Waals surface area contributed by atoms with Gasteiger partial charge in [0, 0.05) is 26.2 Å². The van der Waals surface area contributed by atoms with Crippen molar-refractivity contribution >= 4 is 5.91 Å². The first kappa shape index (κ1) is 17.7. The topological polar surface area (TPSA) is 44.4 Å². The lowest BCUT2D eigenvalue weighted by atomic mass is 9.63. The molecule has 1 amide bonds. The van der Waals surface area contributed by atoms with Crippen molar-refractivity contribution in [2.24, 2.45) is 16.7 Å². The van der Waals surface area contributed by atoms with Gasteiger partial charge in [-0.15, -0.1) is 0 Å². The minimum absolute atomic E-state index is 0.160. The molecule has 4 heteroatoms. The average Bonchev–Trinajstić information content (AvgIpc) is 3.03. The molecule has 0 spiro atoms. The van der Waals surface area contributed by atoms with Gasteiger partial charge < -0.3 is 5.32 Å². The van der Waals surface area contributed by atoms with Gasteiger partial charge >= 0.3 is 0 Å². The third-order valence-corrected chi connectivity index (χ3v) is 8.25. The number of nitrogens with one attached hydrogen (secondary N) is 2. The van der Waals surface area contributed by atoms with E-state index in [1.165, 1.54) is 37.7 Å². The second-order valence-electron chi connectivity index (χ2n) is 9.77. The second-order valence-corrected chi connectivity index (χ2v) is 9.77. The van der Waals surface area contributed by atoms with Crippen LogP contribution in [0.2, 0.25) is 0 Å². The molecule has 4 bridgehead atoms. The van der Waals surface area contributed by atoms with Crippen LogP contribution in [-0.2, 0) is 10.2 Å². The Morgan fingerprint density at radius 1 is 1.15 bits per heavy atom. The minimum Gasteiger partial charge on any atom is -0.314 e. The maximum absolute atomic E-state index is 13.8. The Bertz CT molecular complexity index is 716. The Labute approximate surface area is 163 Å². The largest absolute Gasteiger partial charge is 0.314 e. The van der Waals surface area contributed by atoms with E-state index >= 15 is 0 Å². The number of amides is 1. The van der Waals surface area contributed by atoms with E-state index in [0.717, 1.165) is 39.0 Å². The monoisotopic (exact) mass is 367 g/mol. The summed E-state index contributed by atoms with van der Waals surface area (Å²) >= 11 is 0. The molecule has 5 fully saturated rings. The summed E-state index contributed by atoms with van der Waals surface area (Å²) in [5, 5.41) is 5.53. The fraction of sp³-hybridized carbons (Fsp3) is 0.696. The van der Waals surface area contributed by atoms with Gasteiger partial charge in [-0.2, -0.15) is 0 Å². The van der Waals surface area contributed by atoms with Crippen LogP contribution in [0.3, 0.4) is 0 Å². The van der Waals surface area contributed by atoms with Crippen LogP contribution in [0.1, 0.15) is 57.4 Å². The van der Waals surface area contributed by atoms with Crippen molar-refractivity contribution in [1.29, 1.82) is 0 Å². The van der Waals surface area contributed by atoms with Crippen LogP contribution in [0, 0.1) is 16.7 Å². The summed E-state index contributed by atoms with van der Waals surface area (Å²) in [6, 6.07) is 11.1. The van der Waals surface area contributed by atoms with Gasteiger partial charge in [0.1, 0.15) is 0 Å². The quantitative estimate of drug-likeness (QED) is 0.840. The number of nitrogens with zero attached hydrogens (tertiary/aromatic N) is 1. The van der Waals surface area contributed by atoms with Crippen molar-refractivity contribution in [3.8, 4) is 0 Å². The summed E-state index contributed by atoms with van der Waals surface area (Å²) in [5.74, 6) is 1.05. The van der Waals surface area contributed by atoms with Gasteiger partial charge in [-0.25, -0.2) is 5.01 Å². The standard InChI is InChI=1S/C23H33N3O/c1-2-8-22-14-18-13-21(16-22,19-6-4-3-5-7-19)17-23(22,15-18)20(27)25-26-11-9-24-10-12-26/h3-7,18,24H,2,8-17H2,1H3,(H,25,27)/t18?,21-,22-,23?/m1/s1. The zero-order chi connectivity index (χ0) is 18.5. The molecule has 1 aromatic rings. The van der Waals surface area contributed by atoms with Crippen molar-refractivity contribution in [2.45, 2.75) is 57.3 Å². The summed E-state index contributed by atoms with van der Waals surface area (Å²) in [5.41, 5.74) is 5.12. The van der Waals surface area contributed by atoms with Gasteiger partial charge in [-0.1, -0.05) is 43.7 Å². The molecule has 1 saturated heterocycles. The van der Waals surface area contributed by atoms with E-state index in [1.807, 2.05) is 0 Å². The number of hydrazine groups is 1. The highest BCUT2D eigenvalue weighted by Crippen LogP contribution is 2.77. The van der Waals surface area contributed by atoms with Crippen LogP contribution in [0.25, 0.3) is 0 Å². The number of piperazine rings is 1. The minimum atomic E-state index is -0.160. The number of carbonyl (C=O) groups is 1. The molecule has 1 heterocycles. The zero-order valence-electron chi connectivity index (χ0n) is 16.6. The Kier molecular flexibility index (Phi) is 4.14. The van der Waals surface area contributed by atoms with E-state index < -0.39 is 0 Å². The molecule has 2 N–H and O–H groups in total. The summed E-state index contributed by atoms with van der Waals surface area (Å²) in [4.78, 5) is 13.8. The fourth-order valence-corrected chi connectivity index (χ4v) is 7.62. The molecule has 0 radical (unpaired) electrons. The normalized spacial score (nSPS) is 40.4. The molecule has 1 aliphatic heterocycles. The van der Waals surface area contributed by atoms with Crippen LogP contribution in [0.4, 0.5) is 0 Å². The molecular weight excluding hydrogens is 334 g/mol. The number of hydrogen-bond donors (Lipinski definition) is 2. The first-order valence-corrected chi connectivity index (χ1v) is 10.9. The number of benzene rings is 1. The molecule has 1 aromatic carbocycles. The lowest BCUT2D eigenvalue weighted by molar-refractivity contribution is -0.142. The van der Waals surface area contributed by atoms with Crippen molar-refractivity contribution in [3.63, 3.8) is 0 Å². The third kappa shape index (κ3) is 2.52. The maximum atomic E-state index is 13.8. The second kappa shape index (κ2) is 6.31.